The third-order valence-corrected chi connectivity index (χ3v) is 4.04. The van der Waals surface area contributed by atoms with E-state index in [0.717, 1.165) is 11.8 Å². The fourth-order valence-electron chi connectivity index (χ4n) is 2.75. The Labute approximate surface area is 91.9 Å². The van der Waals surface area contributed by atoms with E-state index < -0.39 is 0 Å². The van der Waals surface area contributed by atoms with Crippen molar-refractivity contribution < 1.29 is 0 Å². The minimum atomic E-state index is 0.633. The van der Waals surface area contributed by atoms with Gasteiger partial charge in [0.2, 0.25) is 0 Å². The van der Waals surface area contributed by atoms with Gasteiger partial charge in [-0.05, 0) is 48.8 Å². The van der Waals surface area contributed by atoms with E-state index in [0.29, 0.717) is 6.04 Å². The molecule has 3 unspecified atom stereocenters. The van der Waals surface area contributed by atoms with Gasteiger partial charge in [0.15, 0.2) is 0 Å². The van der Waals surface area contributed by atoms with Crippen LogP contribution in [0.3, 0.4) is 0 Å². The molecular weight excluding hydrogens is 182 g/mol. The van der Waals surface area contributed by atoms with Crippen LogP contribution in [0.5, 0.6) is 0 Å². The van der Waals surface area contributed by atoms with E-state index in [9.17, 15) is 0 Å². The number of hydrogen-bond acceptors (Lipinski definition) is 1. The lowest BCUT2D eigenvalue weighted by atomic mass is 10.1. The molecule has 1 aromatic rings. The molecule has 1 fully saturated rings. The quantitative estimate of drug-likeness (QED) is 0.793. The standard InChI is InChI=1S/C14H19N/c1-10-8-12(10)9-15-14-7-6-11-4-2-3-5-13(11)14/h2-5,10,12,14-15H,6-9H2,1H3. The van der Waals surface area contributed by atoms with Gasteiger partial charge in [0.05, 0.1) is 0 Å². The zero-order chi connectivity index (χ0) is 10.3. The molecule has 1 heteroatoms. The molecule has 1 saturated carbocycles. The smallest absolute Gasteiger partial charge is 0.0326 e. The van der Waals surface area contributed by atoms with E-state index in [2.05, 4.69) is 36.5 Å². The highest BCUT2D eigenvalue weighted by molar-refractivity contribution is 5.34. The van der Waals surface area contributed by atoms with Crippen LogP contribution < -0.4 is 5.32 Å². The van der Waals surface area contributed by atoms with Crippen molar-refractivity contribution in [1.82, 2.24) is 5.32 Å². The van der Waals surface area contributed by atoms with Gasteiger partial charge in [-0.15, -0.1) is 0 Å². The molecule has 0 aliphatic heterocycles. The van der Waals surface area contributed by atoms with Gasteiger partial charge >= 0.3 is 0 Å². The predicted octanol–water partition coefficient (Wildman–Crippen LogP) is 2.92. The second kappa shape index (κ2) is 3.64. The van der Waals surface area contributed by atoms with Crippen molar-refractivity contribution in [3.63, 3.8) is 0 Å². The number of aryl methyl sites for hydroxylation is 1. The van der Waals surface area contributed by atoms with Crippen LogP contribution in [0, 0.1) is 11.8 Å². The van der Waals surface area contributed by atoms with Crippen molar-refractivity contribution in [3.05, 3.63) is 35.4 Å². The summed E-state index contributed by atoms with van der Waals surface area (Å²) in [5, 5.41) is 3.73. The number of nitrogens with one attached hydrogen (secondary N) is 1. The van der Waals surface area contributed by atoms with E-state index in [1.165, 1.54) is 25.8 Å². The first-order valence-electron chi connectivity index (χ1n) is 6.16. The van der Waals surface area contributed by atoms with E-state index in [4.69, 9.17) is 0 Å². The van der Waals surface area contributed by atoms with Crippen LogP contribution in [0.4, 0.5) is 0 Å². The molecule has 0 spiro atoms. The minimum absolute atomic E-state index is 0.633. The zero-order valence-corrected chi connectivity index (χ0v) is 9.37. The molecule has 15 heavy (non-hydrogen) atoms. The summed E-state index contributed by atoms with van der Waals surface area (Å²) in [5.74, 6) is 1.92. The van der Waals surface area contributed by atoms with Crippen LogP contribution in [0.15, 0.2) is 24.3 Å². The second-order valence-corrected chi connectivity index (χ2v) is 5.17. The van der Waals surface area contributed by atoms with E-state index in [-0.39, 0.29) is 0 Å². The summed E-state index contributed by atoms with van der Waals surface area (Å²) in [4.78, 5) is 0. The minimum Gasteiger partial charge on any atom is -0.310 e. The molecule has 0 saturated heterocycles. The molecule has 80 valence electrons. The molecule has 0 bridgehead atoms. The van der Waals surface area contributed by atoms with Crippen molar-refractivity contribution in [2.24, 2.45) is 11.8 Å². The molecular formula is C14H19N. The maximum atomic E-state index is 3.73. The summed E-state index contributed by atoms with van der Waals surface area (Å²) < 4.78 is 0. The van der Waals surface area contributed by atoms with Gasteiger partial charge in [-0.3, -0.25) is 0 Å². The highest BCUT2D eigenvalue weighted by atomic mass is 14.9. The van der Waals surface area contributed by atoms with Gasteiger partial charge in [-0.25, -0.2) is 0 Å². The fraction of sp³-hybridized carbons (Fsp3) is 0.571. The SMILES string of the molecule is CC1CC1CNC1CCc2ccccc21. The van der Waals surface area contributed by atoms with Crippen LogP contribution in [-0.4, -0.2) is 6.54 Å². The van der Waals surface area contributed by atoms with Crippen LogP contribution in [0.1, 0.15) is 36.9 Å². The third kappa shape index (κ3) is 1.81. The Hall–Kier alpha value is -0.820. The third-order valence-electron chi connectivity index (χ3n) is 4.04. The Kier molecular flexibility index (Phi) is 2.28. The molecule has 1 N–H and O–H groups in total. The Morgan fingerprint density at radius 3 is 2.93 bits per heavy atom. The molecule has 0 aromatic heterocycles. The van der Waals surface area contributed by atoms with Crippen LogP contribution in [-0.2, 0) is 6.42 Å². The molecule has 1 nitrogen and oxygen atoms in total. The van der Waals surface area contributed by atoms with E-state index >= 15 is 0 Å². The van der Waals surface area contributed by atoms with E-state index in [1.807, 2.05) is 0 Å². The van der Waals surface area contributed by atoms with Crippen molar-refractivity contribution in [3.8, 4) is 0 Å². The first-order valence-corrected chi connectivity index (χ1v) is 6.16. The highest BCUT2D eigenvalue weighted by Gasteiger charge is 2.33. The van der Waals surface area contributed by atoms with Gasteiger partial charge in [-0.1, -0.05) is 31.2 Å². The summed E-state index contributed by atoms with van der Waals surface area (Å²) in [5.41, 5.74) is 3.10. The highest BCUT2D eigenvalue weighted by Crippen LogP contribution is 2.38. The normalized spacial score (nSPS) is 32.7. The van der Waals surface area contributed by atoms with E-state index in [1.54, 1.807) is 11.1 Å². The topological polar surface area (TPSA) is 12.0 Å². The largest absolute Gasteiger partial charge is 0.310 e. The number of benzene rings is 1. The Morgan fingerprint density at radius 1 is 1.33 bits per heavy atom. The van der Waals surface area contributed by atoms with Gasteiger partial charge < -0.3 is 5.32 Å². The molecule has 3 atom stereocenters. The lowest BCUT2D eigenvalue weighted by Crippen LogP contribution is -2.22. The summed E-state index contributed by atoms with van der Waals surface area (Å²) in [6, 6.07) is 9.52. The summed E-state index contributed by atoms with van der Waals surface area (Å²) >= 11 is 0. The van der Waals surface area contributed by atoms with Crippen LogP contribution in [0.2, 0.25) is 0 Å². The van der Waals surface area contributed by atoms with Crippen molar-refractivity contribution in [2.45, 2.75) is 32.2 Å². The zero-order valence-electron chi connectivity index (χ0n) is 9.37. The molecule has 0 amide bonds. The maximum Gasteiger partial charge on any atom is 0.0326 e. The lowest BCUT2D eigenvalue weighted by Gasteiger charge is -2.13. The van der Waals surface area contributed by atoms with Crippen LogP contribution >= 0.6 is 0 Å². The van der Waals surface area contributed by atoms with Crippen molar-refractivity contribution in [1.29, 1.82) is 0 Å². The monoisotopic (exact) mass is 201 g/mol. The lowest BCUT2D eigenvalue weighted by molar-refractivity contribution is 0.502. The predicted molar refractivity (Wildman–Crippen MR) is 62.8 cm³/mol. The second-order valence-electron chi connectivity index (χ2n) is 5.17. The number of fused-ring (bicyclic) bond motifs is 1. The molecule has 0 radical (unpaired) electrons. The maximum absolute atomic E-state index is 3.73. The Balaban J connectivity index is 1.64. The van der Waals surface area contributed by atoms with Gasteiger partial charge in [0, 0.05) is 6.04 Å². The molecule has 0 heterocycles. The van der Waals surface area contributed by atoms with Gasteiger partial charge in [0.25, 0.3) is 0 Å². The Morgan fingerprint density at radius 2 is 2.13 bits per heavy atom. The summed E-state index contributed by atoms with van der Waals surface area (Å²) in [6.45, 7) is 3.58. The Bertz CT molecular complexity index is 358. The van der Waals surface area contributed by atoms with Gasteiger partial charge in [-0.2, -0.15) is 0 Å². The first-order chi connectivity index (χ1) is 7.34. The first kappa shape index (κ1) is 9.41. The molecule has 3 rings (SSSR count). The average molecular weight is 201 g/mol. The molecule has 1 aromatic carbocycles. The van der Waals surface area contributed by atoms with Crippen molar-refractivity contribution >= 4 is 0 Å². The summed E-state index contributed by atoms with van der Waals surface area (Å²) in [7, 11) is 0. The molecule has 2 aliphatic carbocycles. The van der Waals surface area contributed by atoms with Crippen molar-refractivity contribution in [2.75, 3.05) is 6.54 Å². The van der Waals surface area contributed by atoms with Gasteiger partial charge in [0.1, 0.15) is 0 Å². The number of hydrogen-bond donors (Lipinski definition) is 1. The van der Waals surface area contributed by atoms with Crippen LogP contribution in [0.25, 0.3) is 0 Å². The average Bonchev–Trinajstić information content (AvgIpc) is 2.81. The summed E-state index contributed by atoms with van der Waals surface area (Å²) in [6.07, 6.45) is 3.98. The fourth-order valence-corrected chi connectivity index (χ4v) is 2.75. The molecule has 2 aliphatic rings. The number of rotatable bonds is 3.